The first-order valence-corrected chi connectivity index (χ1v) is 17.8. The van der Waals surface area contributed by atoms with E-state index in [1.807, 2.05) is 18.2 Å². The van der Waals surface area contributed by atoms with Gasteiger partial charge in [0.1, 0.15) is 12.4 Å². The van der Waals surface area contributed by atoms with E-state index in [1.54, 1.807) is 19.1 Å². The first-order valence-electron chi connectivity index (χ1n) is 15.8. The molecule has 1 fully saturated rings. The van der Waals surface area contributed by atoms with Crippen molar-refractivity contribution >= 4 is 33.2 Å². The molecular weight excluding hydrogens is 629 g/mol. The third kappa shape index (κ3) is 7.73. The van der Waals surface area contributed by atoms with E-state index < -0.39 is 45.3 Å². The number of aliphatic hydroxyl groups is 1. The fraction of sp³-hybridized carbons (Fsp3) is 0.606. The SMILES string of the molecule is C[C@@H]1[C@@H](C)CCC[C@@H]([C@H](O)C(F)(F)F)[C@@H]2CC[C@H]2CN2CCCCc3cc(Cl)ccc3COc3ccc(cc32)C(=O)NS1(=O)=O. The second-order valence-electron chi connectivity index (χ2n) is 13.0. The van der Waals surface area contributed by atoms with Gasteiger partial charge in [0.25, 0.3) is 5.91 Å². The predicted molar refractivity (Wildman–Crippen MR) is 168 cm³/mol. The van der Waals surface area contributed by atoms with E-state index >= 15 is 0 Å². The number of halogens is 4. The minimum absolute atomic E-state index is 0.0944. The summed E-state index contributed by atoms with van der Waals surface area (Å²) in [6, 6.07) is 10.5. The number of hydrogen-bond donors (Lipinski definition) is 2. The van der Waals surface area contributed by atoms with Crippen molar-refractivity contribution in [2.75, 3.05) is 18.0 Å². The highest BCUT2D eigenvalue weighted by Gasteiger charge is 2.50. The second kappa shape index (κ2) is 13.7. The van der Waals surface area contributed by atoms with Crippen molar-refractivity contribution in [3.63, 3.8) is 0 Å². The number of anilines is 1. The zero-order chi connectivity index (χ0) is 32.5. The summed E-state index contributed by atoms with van der Waals surface area (Å²) in [5.41, 5.74) is 2.79. The van der Waals surface area contributed by atoms with Crippen molar-refractivity contribution < 1.29 is 36.2 Å². The largest absolute Gasteiger partial charge is 0.487 e. The van der Waals surface area contributed by atoms with Crippen LogP contribution in [0.1, 0.15) is 80.3 Å². The average Bonchev–Trinajstić information content (AvgIpc) is 2.99. The van der Waals surface area contributed by atoms with Gasteiger partial charge in [-0.05, 0) is 117 Å². The highest BCUT2D eigenvalue weighted by molar-refractivity contribution is 7.90. The van der Waals surface area contributed by atoms with Gasteiger partial charge in [-0.25, -0.2) is 13.1 Å². The van der Waals surface area contributed by atoms with Crippen molar-refractivity contribution in [3.05, 3.63) is 58.1 Å². The highest BCUT2D eigenvalue weighted by atomic mass is 35.5. The number of aryl methyl sites for hydroxylation is 1. The van der Waals surface area contributed by atoms with E-state index in [9.17, 15) is 31.5 Å². The third-order valence-corrected chi connectivity index (χ3v) is 12.3. The second-order valence-corrected chi connectivity index (χ2v) is 15.5. The van der Waals surface area contributed by atoms with Crippen LogP contribution in [0.3, 0.4) is 0 Å². The minimum atomic E-state index is -4.75. The zero-order valence-electron chi connectivity index (χ0n) is 25.7. The molecule has 2 aliphatic heterocycles. The van der Waals surface area contributed by atoms with Crippen LogP contribution < -0.4 is 14.4 Å². The van der Waals surface area contributed by atoms with Crippen molar-refractivity contribution in [3.8, 4) is 5.75 Å². The number of nitrogens with one attached hydrogen (secondary N) is 1. The summed E-state index contributed by atoms with van der Waals surface area (Å²) >= 11 is 6.28. The molecule has 3 aliphatic rings. The molecule has 2 bridgehead atoms. The van der Waals surface area contributed by atoms with E-state index in [0.717, 1.165) is 36.8 Å². The molecule has 1 aliphatic carbocycles. The lowest BCUT2D eigenvalue weighted by molar-refractivity contribution is -0.231. The Bertz CT molecular complexity index is 1490. The number of benzene rings is 2. The standard InChI is InChI=1S/C33H42ClF3N2O5S/c1-20-6-5-8-28(31(40)33(35,36)37)27-13-10-24(27)18-39-15-4-3-7-22-16-26(34)12-9-25(22)19-44-30-14-11-23(17-29(30)39)32(41)38-45(42,43)21(20)2/h9,11-12,14,16-17,20-21,24,27-28,31,40H,3-8,10,13,15,18-19H2,1-2H3,(H,38,41)/t20-,21+,24-,27+,28+,31-/m0/s1. The Morgan fingerprint density at radius 3 is 2.51 bits per heavy atom. The number of aliphatic hydroxyl groups excluding tert-OH is 1. The van der Waals surface area contributed by atoms with Gasteiger partial charge in [-0.1, -0.05) is 31.0 Å². The molecule has 248 valence electrons. The third-order valence-electron chi connectivity index (χ3n) is 10.2. The van der Waals surface area contributed by atoms with Gasteiger partial charge < -0.3 is 14.7 Å². The van der Waals surface area contributed by atoms with Crippen LogP contribution in [0.25, 0.3) is 0 Å². The number of ether oxygens (including phenoxy) is 1. The Kier molecular flexibility index (Phi) is 10.3. The maximum Gasteiger partial charge on any atom is 0.414 e. The maximum atomic E-state index is 13.9. The van der Waals surface area contributed by atoms with Crippen LogP contribution >= 0.6 is 11.6 Å². The van der Waals surface area contributed by atoms with Crippen LogP contribution in [0.4, 0.5) is 18.9 Å². The number of alkyl halides is 3. The molecule has 7 nitrogen and oxygen atoms in total. The predicted octanol–water partition coefficient (Wildman–Crippen LogP) is 6.90. The Hall–Kier alpha value is -2.50. The van der Waals surface area contributed by atoms with Gasteiger partial charge in [-0.15, -0.1) is 0 Å². The van der Waals surface area contributed by atoms with Crippen LogP contribution in [-0.2, 0) is 23.1 Å². The van der Waals surface area contributed by atoms with Gasteiger partial charge in [0.05, 0.1) is 10.9 Å². The number of carbonyl (C=O) groups excluding carboxylic acids is 1. The Morgan fingerprint density at radius 1 is 1.02 bits per heavy atom. The fourth-order valence-corrected chi connectivity index (χ4v) is 8.60. The van der Waals surface area contributed by atoms with Crippen LogP contribution in [0.15, 0.2) is 36.4 Å². The maximum absolute atomic E-state index is 13.9. The molecule has 0 radical (unpaired) electrons. The zero-order valence-corrected chi connectivity index (χ0v) is 27.2. The number of nitrogens with zero attached hydrogens (tertiary/aromatic N) is 1. The van der Waals surface area contributed by atoms with E-state index in [-0.39, 0.29) is 30.4 Å². The number of hydrogen-bond acceptors (Lipinski definition) is 6. The van der Waals surface area contributed by atoms with Crippen molar-refractivity contribution in [1.82, 2.24) is 4.72 Å². The summed E-state index contributed by atoms with van der Waals surface area (Å²) in [6.07, 6.45) is -2.70. The lowest BCUT2D eigenvalue weighted by atomic mass is 9.63. The molecule has 0 saturated heterocycles. The van der Waals surface area contributed by atoms with E-state index in [2.05, 4.69) is 9.62 Å². The van der Waals surface area contributed by atoms with Crippen LogP contribution in [-0.4, -0.2) is 50.1 Å². The summed E-state index contributed by atoms with van der Waals surface area (Å²) < 4.78 is 76.7. The van der Waals surface area contributed by atoms with E-state index in [1.165, 1.54) is 13.0 Å². The van der Waals surface area contributed by atoms with Crippen LogP contribution in [0, 0.1) is 23.7 Å². The smallest absolute Gasteiger partial charge is 0.414 e. The molecule has 2 aromatic carbocycles. The Labute approximate surface area is 268 Å². The number of amides is 1. The molecule has 0 aromatic heterocycles. The van der Waals surface area contributed by atoms with Gasteiger partial charge in [0.2, 0.25) is 10.0 Å². The van der Waals surface area contributed by atoms with Gasteiger partial charge in [-0.3, -0.25) is 4.79 Å². The molecule has 1 amide bonds. The fourth-order valence-electron chi connectivity index (χ4n) is 7.09. The Morgan fingerprint density at radius 2 is 1.80 bits per heavy atom. The van der Waals surface area contributed by atoms with Gasteiger partial charge >= 0.3 is 6.18 Å². The molecule has 2 aromatic rings. The van der Waals surface area contributed by atoms with Crippen molar-refractivity contribution in [2.24, 2.45) is 23.7 Å². The summed E-state index contributed by atoms with van der Waals surface area (Å²) in [5.74, 6) is -2.09. The van der Waals surface area contributed by atoms with Crippen LogP contribution in [0.2, 0.25) is 5.02 Å². The molecule has 2 N–H and O–H groups in total. The van der Waals surface area contributed by atoms with Crippen molar-refractivity contribution in [1.29, 1.82) is 0 Å². The summed E-state index contributed by atoms with van der Waals surface area (Å²) in [5, 5.41) is 10.2. The topological polar surface area (TPSA) is 95.9 Å². The molecule has 0 unspecified atom stereocenters. The van der Waals surface area contributed by atoms with Gasteiger partial charge in [-0.2, -0.15) is 13.2 Å². The molecule has 0 spiro atoms. The molecule has 2 heterocycles. The molecule has 6 atom stereocenters. The Balaban J connectivity index is 1.55. The molecule has 12 heteroatoms. The lowest BCUT2D eigenvalue weighted by Gasteiger charge is -2.46. The van der Waals surface area contributed by atoms with Crippen molar-refractivity contribution in [2.45, 2.75) is 89.4 Å². The first kappa shape index (κ1) is 33.9. The molecule has 5 rings (SSSR count). The quantitative estimate of drug-likeness (QED) is 0.343. The first-order chi connectivity index (χ1) is 21.2. The average molecular weight is 671 g/mol. The lowest BCUT2D eigenvalue weighted by Crippen LogP contribution is -2.48. The van der Waals surface area contributed by atoms with Crippen LogP contribution in [0.5, 0.6) is 5.75 Å². The number of sulfonamides is 1. The van der Waals surface area contributed by atoms with E-state index in [0.29, 0.717) is 48.8 Å². The monoisotopic (exact) mass is 670 g/mol. The summed E-state index contributed by atoms with van der Waals surface area (Å²) in [7, 11) is -4.08. The molecule has 1 saturated carbocycles. The molecule has 45 heavy (non-hydrogen) atoms. The van der Waals surface area contributed by atoms with E-state index in [4.69, 9.17) is 16.3 Å². The summed E-state index contributed by atoms with van der Waals surface area (Å²) in [6.45, 7) is 4.45. The number of fused-ring (bicyclic) bond motifs is 3. The summed E-state index contributed by atoms with van der Waals surface area (Å²) in [4.78, 5) is 15.4. The van der Waals surface area contributed by atoms with Gasteiger partial charge in [0.15, 0.2) is 6.10 Å². The highest BCUT2D eigenvalue weighted by Crippen LogP contribution is 2.47. The minimum Gasteiger partial charge on any atom is -0.487 e. The number of rotatable bonds is 1. The van der Waals surface area contributed by atoms with Gasteiger partial charge in [0, 0.05) is 23.7 Å². The normalized spacial score (nSPS) is 28.6. The number of carbonyl (C=O) groups is 1. The molecular formula is C33H42ClF3N2O5S.